The van der Waals surface area contributed by atoms with Gasteiger partial charge in [-0.1, -0.05) is 6.92 Å². The lowest BCUT2D eigenvalue weighted by molar-refractivity contribution is 0.398. The van der Waals surface area contributed by atoms with Crippen LogP contribution in [0.1, 0.15) is 12.5 Å². The fourth-order valence-electron chi connectivity index (χ4n) is 1.64. The lowest BCUT2D eigenvalue weighted by Crippen LogP contribution is -2.37. The Morgan fingerprint density at radius 2 is 1.89 bits per heavy atom. The second kappa shape index (κ2) is 7.32. The molecule has 7 heteroatoms. The van der Waals surface area contributed by atoms with Crippen molar-refractivity contribution in [1.29, 1.82) is 0 Å². The summed E-state index contributed by atoms with van der Waals surface area (Å²) in [5.74, 6) is 1.42. The highest BCUT2D eigenvalue weighted by Gasteiger charge is 2.09. The number of methoxy groups -OCH3 is 2. The Kier molecular flexibility index (Phi) is 6.07. The average Bonchev–Trinajstić information content (AvgIpc) is 2.38. The quantitative estimate of drug-likeness (QED) is 0.738. The highest BCUT2D eigenvalue weighted by atomic mass is 32.2. The van der Waals surface area contributed by atoms with Gasteiger partial charge in [-0.25, -0.2) is 9.44 Å². The van der Waals surface area contributed by atoms with Crippen LogP contribution in [-0.4, -0.2) is 35.7 Å². The molecule has 1 rings (SSSR count). The maximum Gasteiger partial charge on any atom is 0.276 e. The van der Waals surface area contributed by atoms with Gasteiger partial charge in [0.05, 0.1) is 14.2 Å². The molecule has 0 aliphatic heterocycles. The van der Waals surface area contributed by atoms with Crippen molar-refractivity contribution in [2.45, 2.75) is 13.3 Å². The van der Waals surface area contributed by atoms with Gasteiger partial charge in [0.15, 0.2) is 0 Å². The smallest absolute Gasteiger partial charge is 0.276 e. The molecule has 2 N–H and O–H groups in total. The first-order chi connectivity index (χ1) is 9.02. The monoisotopic (exact) mass is 288 g/mol. The standard InChI is InChI=1S/C12H20N2O4S/c1-4-13-19(15,16)14-8-7-10-9-11(17-2)5-6-12(10)18-3/h5-6,9,13-14H,4,7-8H2,1-3H3. The Hall–Kier alpha value is -1.31. The Morgan fingerprint density at radius 1 is 1.16 bits per heavy atom. The van der Waals surface area contributed by atoms with Gasteiger partial charge in [0, 0.05) is 13.1 Å². The molecule has 0 aliphatic carbocycles. The van der Waals surface area contributed by atoms with Gasteiger partial charge >= 0.3 is 0 Å². The number of benzene rings is 1. The summed E-state index contributed by atoms with van der Waals surface area (Å²) in [6.45, 7) is 2.38. The first kappa shape index (κ1) is 15.7. The number of ether oxygens (including phenoxy) is 2. The average molecular weight is 288 g/mol. The van der Waals surface area contributed by atoms with E-state index >= 15 is 0 Å². The van der Waals surface area contributed by atoms with E-state index in [1.807, 2.05) is 6.07 Å². The minimum atomic E-state index is -3.41. The molecule has 0 fully saturated rings. The topological polar surface area (TPSA) is 76.7 Å². The van der Waals surface area contributed by atoms with E-state index in [0.29, 0.717) is 31.0 Å². The van der Waals surface area contributed by atoms with E-state index in [2.05, 4.69) is 9.44 Å². The maximum atomic E-state index is 11.4. The summed E-state index contributed by atoms with van der Waals surface area (Å²) >= 11 is 0. The zero-order valence-corrected chi connectivity index (χ0v) is 12.2. The van der Waals surface area contributed by atoms with Crippen molar-refractivity contribution in [2.75, 3.05) is 27.3 Å². The molecule has 0 spiro atoms. The highest BCUT2D eigenvalue weighted by Crippen LogP contribution is 2.24. The first-order valence-corrected chi connectivity index (χ1v) is 7.46. The van der Waals surface area contributed by atoms with Gasteiger partial charge in [0.2, 0.25) is 0 Å². The summed E-state index contributed by atoms with van der Waals surface area (Å²) in [5.41, 5.74) is 0.890. The SMILES string of the molecule is CCNS(=O)(=O)NCCc1cc(OC)ccc1OC. The molecule has 1 aromatic carbocycles. The molecule has 0 saturated heterocycles. The van der Waals surface area contributed by atoms with Gasteiger partial charge < -0.3 is 9.47 Å². The van der Waals surface area contributed by atoms with Gasteiger partial charge in [-0.2, -0.15) is 8.42 Å². The molecule has 0 amide bonds. The van der Waals surface area contributed by atoms with E-state index in [1.54, 1.807) is 33.3 Å². The van der Waals surface area contributed by atoms with Crippen molar-refractivity contribution in [2.24, 2.45) is 0 Å². The van der Waals surface area contributed by atoms with Crippen LogP contribution < -0.4 is 18.9 Å². The maximum absolute atomic E-state index is 11.4. The molecule has 108 valence electrons. The van der Waals surface area contributed by atoms with Crippen molar-refractivity contribution in [3.8, 4) is 11.5 Å². The lowest BCUT2D eigenvalue weighted by Gasteiger charge is -2.11. The van der Waals surface area contributed by atoms with Crippen molar-refractivity contribution in [3.05, 3.63) is 23.8 Å². The predicted molar refractivity (Wildman–Crippen MR) is 73.8 cm³/mol. The largest absolute Gasteiger partial charge is 0.497 e. The van der Waals surface area contributed by atoms with E-state index in [9.17, 15) is 8.42 Å². The summed E-state index contributed by atoms with van der Waals surface area (Å²) in [6, 6.07) is 5.43. The van der Waals surface area contributed by atoms with Gasteiger partial charge in [0.1, 0.15) is 11.5 Å². The fourth-order valence-corrected chi connectivity index (χ4v) is 2.49. The van der Waals surface area contributed by atoms with Crippen LogP contribution in [0.3, 0.4) is 0 Å². The molecule has 0 atom stereocenters. The van der Waals surface area contributed by atoms with Gasteiger partial charge in [-0.15, -0.1) is 0 Å². The molecule has 0 radical (unpaired) electrons. The van der Waals surface area contributed by atoms with Crippen LogP contribution in [0, 0.1) is 0 Å². The molecule has 0 unspecified atom stereocenters. The number of rotatable bonds is 8. The fraction of sp³-hybridized carbons (Fsp3) is 0.500. The van der Waals surface area contributed by atoms with E-state index in [-0.39, 0.29) is 0 Å². The van der Waals surface area contributed by atoms with Crippen LogP contribution in [0.25, 0.3) is 0 Å². The Morgan fingerprint density at radius 3 is 2.47 bits per heavy atom. The summed E-state index contributed by atoms with van der Waals surface area (Å²) < 4.78 is 38.0. The van der Waals surface area contributed by atoms with Crippen molar-refractivity contribution < 1.29 is 17.9 Å². The van der Waals surface area contributed by atoms with E-state index in [4.69, 9.17) is 9.47 Å². The lowest BCUT2D eigenvalue weighted by atomic mass is 10.1. The van der Waals surface area contributed by atoms with Crippen molar-refractivity contribution in [3.63, 3.8) is 0 Å². The first-order valence-electron chi connectivity index (χ1n) is 5.97. The van der Waals surface area contributed by atoms with Crippen molar-refractivity contribution in [1.82, 2.24) is 9.44 Å². The summed E-state index contributed by atoms with van der Waals surface area (Å²) in [7, 11) is -0.249. The summed E-state index contributed by atoms with van der Waals surface area (Å²) in [4.78, 5) is 0. The molecule has 6 nitrogen and oxygen atoms in total. The number of nitrogens with one attached hydrogen (secondary N) is 2. The third-order valence-electron chi connectivity index (χ3n) is 2.51. The second-order valence-electron chi connectivity index (χ2n) is 3.82. The van der Waals surface area contributed by atoms with Gasteiger partial charge in [-0.05, 0) is 30.2 Å². The zero-order valence-electron chi connectivity index (χ0n) is 11.4. The van der Waals surface area contributed by atoms with Gasteiger partial charge in [-0.3, -0.25) is 0 Å². The Balaban J connectivity index is 2.66. The minimum Gasteiger partial charge on any atom is -0.497 e. The van der Waals surface area contributed by atoms with Crippen LogP contribution in [0.15, 0.2) is 18.2 Å². The predicted octanol–water partition coefficient (Wildman–Crippen LogP) is 0.690. The number of hydrogen-bond acceptors (Lipinski definition) is 4. The number of hydrogen-bond donors (Lipinski definition) is 2. The highest BCUT2D eigenvalue weighted by molar-refractivity contribution is 7.87. The van der Waals surface area contributed by atoms with Crippen LogP contribution in [0.5, 0.6) is 11.5 Å². The van der Waals surface area contributed by atoms with E-state index in [1.165, 1.54) is 0 Å². The van der Waals surface area contributed by atoms with Gasteiger partial charge in [0.25, 0.3) is 10.2 Å². The normalized spacial score (nSPS) is 11.3. The molecule has 0 saturated carbocycles. The molecular weight excluding hydrogens is 268 g/mol. The minimum absolute atomic E-state index is 0.291. The van der Waals surface area contributed by atoms with E-state index < -0.39 is 10.2 Å². The summed E-state index contributed by atoms with van der Waals surface area (Å²) in [6.07, 6.45) is 0.519. The molecule has 0 aliphatic rings. The molecule has 1 aromatic rings. The second-order valence-corrected chi connectivity index (χ2v) is 5.41. The third-order valence-corrected chi connectivity index (χ3v) is 3.76. The molecule has 19 heavy (non-hydrogen) atoms. The summed E-state index contributed by atoms with van der Waals surface area (Å²) in [5, 5.41) is 0. The zero-order chi connectivity index (χ0) is 14.3. The molecule has 0 bridgehead atoms. The van der Waals surface area contributed by atoms with Crippen LogP contribution in [-0.2, 0) is 16.6 Å². The third kappa shape index (κ3) is 5.06. The van der Waals surface area contributed by atoms with E-state index in [0.717, 1.165) is 5.56 Å². The molecular formula is C12H20N2O4S. The molecule has 0 aromatic heterocycles. The Bertz CT molecular complexity index is 502. The van der Waals surface area contributed by atoms with Crippen LogP contribution in [0.4, 0.5) is 0 Å². The Labute approximate surface area is 114 Å². The molecule has 0 heterocycles. The van der Waals surface area contributed by atoms with Crippen molar-refractivity contribution >= 4 is 10.2 Å². The van der Waals surface area contributed by atoms with Crippen LogP contribution >= 0.6 is 0 Å². The van der Waals surface area contributed by atoms with Crippen LogP contribution in [0.2, 0.25) is 0 Å².